The summed E-state index contributed by atoms with van der Waals surface area (Å²) < 4.78 is 1.26. The molecule has 1 saturated carbocycles. The first kappa shape index (κ1) is 18.6. The van der Waals surface area contributed by atoms with Crippen LogP contribution >= 0.6 is 0 Å². The maximum Gasteiger partial charge on any atom is 0.267 e. The zero-order valence-electron chi connectivity index (χ0n) is 16.3. The second-order valence-corrected chi connectivity index (χ2v) is 7.91. The van der Waals surface area contributed by atoms with E-state index < -0.39 is 6.04 Å². The Morgan fingerprint density at radius 2 is 1.93 bits per heavy atom. The number of hydrogen-bond acceptors (Lipinski definition) is 6. The van der Waals surface area contributed by atoms with E-state index in [0.29, 0.717) is 11.7 Å². The van der Waals surface area contributed by atoms with Crippen LogP contribution in [0, 0.1) is 5.92 Å². The largest absolute Gasteiger partial charge is 0.356 e. The van der Waals surface area contributed by atoms with Gasteiger partial charge in [-0.1, -0.05) is 6.92 Å². The quantitative estimate of drug-likeness (QED) is 0.853. The zero-order chi connectivity index (χ0) is 19.7. The van der Waals surface area contributed by atoms with Crippen LogP contribution < -0.4 is 15.8 Å². The summed E-state index contributed by atoms with van der Waals surface area (Å²) in [6.45, 7) is 5.84. The Balaban J connectivity index is 1.47. The van der Waals surface area contributed by atoms with Gasteiger partial charge in [-0.25, -0.2) is 14.6 Å². The van der Waals surface area contributed by atoms with Crippen LogP contribution in [0.4, 0.5) is 11.6 Å². The summed E-state index contributed by atoms with van der Waals surface area (Å²) in [5.41, 5.74) is 0.598. The number of nitrogens with zero attached hydrogens (tertiary/aromatic N) is 5. The number of carbonyl (C=O) groups excluding carboxylic acids is 1. The molecule has 2 aromatic rings. The fourth-order valence-electron chi connectivity index (χ4n) is 3.48. The minimum absolute atomic E-state index is 0.280. The molecule has 1 N–H and O–H groups in total. The van der Waals surface area contributed by atoms with E-state index in [-0.39, 0.29) is 11.5 Å². The molecule has 1 amide bonds. The standard InChI is InChI=1S/C20H26N6O2/c1-13-7-9-25(10-8-13)18-11-17(21-12-22-18)23-20(28)14(2)26-19(27)6-5-16(24-26)15-3-4-15/h5-6,11-15H,3-4,7-10H2,1-2H3,(H,21,22,23,28). The average molecular weight is 382 g/mol. The molecule has 1 aliphatic heterocycles. The Morgan fingerprint density at radius 3 is 2.64 bits per heavy atom. The molecule has 2 fully saturated rings. The number of rotatable bonds is 5. The third-order valence-corrected chi connectivity index (χ3v) is 5.60. The highest BCUT2D eigenvalue weighted by molar-refractivity contribution is 5.92. The fraction of sp³-hybridized carbons (Fsp3) is 0.550. The van der Waals surface area contributed by atoms with Crippen LogP contribution in [0.1, 0.15) is 57.2 Å². The lowest BCUT2D eigenvalue weighted by Crippen LogP contribution is -2.34. The zero-order valence-corrected chi connectivity index (χ0v) is 16.3. The lowest BCUT2D eigenvalue weighted by Gasteiger charge is -2.31. The summed E-state index contributed by atoms with van der Waals surface area (Å²) >= 11 is 0. The van der Waals surface area contributed by atoms with Gasteiger partial charge < -0.3 is 10.2 Å². The van der Waals surface area contributed by atoms with Crippen LogP contribution in [-0.2, 0) is 4.79 Å². The minimum atomic E-state index is -0.722. The van der Waals surface area contributed by atoms with E-state index in [1.54, 1.807) is 19.1 Å². The van der Waals surface area contributed by atoms with Crippen molar-refractivity contribution < 1.29 is 4.79 Å². The van der Waals surface area contributed by atoms with Crippen molar-refractivity contribution in [1.82, 2.24) is 19.7 Å². The number of amides is 1. The predicted octanol–water partition coefficient (Wildman–Crippen LogP) is 2.35. The maximum absolute atomic E-state index is 12.7. The van der Waals surface area contributed by atoms with Gasteiger partial charge in [0.15, 0.2) is 0 Å². The Morgan fingerprint density at radius 1 is 1.18 bits per heavy atom. The Kier molecular flexibility index (Phi) is 5.11. The van der Waals surface area contributed by atoms with Crippen LogP contribution in [0.25, 0.3) is 0 Å². The van der Waals surface area contributed by atoms with Crippen LogP contribution in [0.2, 0.25) is 0 Å². The number of carbonyl (C=O) groups is 1. The summed E-state index contributed by atoms with van der Waals surface area (Å²) in [6, 6.07) is 4.32. The van der Waals surface area contributed by atoms with Gasteiger partial charge in [0.25, 0.3) is 5.56 Å². The van der Waals surface area contributed by atoms with E-state index in [1.165, 1.54) is 17.1 Å². The van der Waals surface area contributed by atoms with E-state index in [9.17, 15) is 9.59 Å². The van der Waals surface area contributed by atoms with Gasteiger partial charge >= 0.3 is 0 Å². The molecule has 1 atom stereocenters. The first-order valence-electron chi connectivity index (χ1n) is 9.99. The van der Waals surface area contributed by atoms with Crippen molar-refractivity contribution in [1.29, 1.82) is 0 Å². The molecule has 28 heavy (non-hydrogen) atoms. The number of nitrogens with one attached hydrogen (secondary N) is 1. The summed E-state index contributed by atoms with van der Waals surface area (Å²) in [5, 5.41) is 7.20. The van der Waals surface area contributed by atoms with Gasteiger partial charge in [-0.05, 0) is 44.6 Å². The summed E-state index contributed by atoms with van der Waals surface area (Å²) in [6.07, 6.45) is 5.91. The van der Waals surface area contributed by atoms with Gasteiger partial charge in [0.2, 0.25) is 5.91 Å². The number of anilines is 2. The molecule has 1 aliphatic carbocycles. The molecule has 0 spiro atoms. The molecular weight excluding hydrogens is 356 g/mol. The molecule has 3 heterocycles. The lowest BCUT2D eigenvalue weighted by molar-refractivity contribution is -0.119. The van der Waals surface area contributed by atoms with Crippen molar-refractivity contribution in [3.8, 4) is 0 Å². The van der Waals surface area contributed by atoms with Crippen molar-refractivity contribution >= 4 is 17.5 Å². The minimum Gasteiger partial charge on any atom is -0.356 e. The third kappa shape index (κ3) is 4.05. The summed E-state index contributed by atoms with van der Waals surface area (Å²) in [5.74, 6) is 2.08. The van der Waals surface area contributed by atoms with Crippen molar-refractivity contribution in [2.24, 2.45) is 5.92 Å². The fourth-order valence-corrected chi connectivity index (χ4v) is 3.48. The number of hydrogen-bond donors (Lipinski definition) is 1. The normalized spacial score (nSPS) is 18.7. The first-order valence-corrected chi connectivity index (χ1v) is 9.99. The first-order chi connectivity index (χ1) is 13.5. The molecule has 1 saturated heterocycles. The van der Waals surface area contributed by atoms with Crippen LogP contribution in [0.5, 0.6) is 0 Å². The predicted molar refractivity (Wildman–Crippen MR) is 106 cm³/mol. The molecule has 2 aliphatic rings. The van der Waals surface area contributed by atoms with Gasteiger partial charge in [-0.2, -0.15) is 5.10 Å². The molecular formula is C20H26N6O2. The smallest absolute Gasteiger partial charge is 0.267 e. The van der Waals surface area contributed by atoms with E-state index in [4.69, 9.17) is 0 Å². The SMILES string of the molecule is CC1CCN(c2cc(NC(=O)C(C)n3nc(C4CC4)ccc3=O)ncn2)CC1. The molecule has 0 bridgehead atoms. The maximum atomic E-state index is 12.7. The van der Waals surface area contributed by atoms with Gasteiger partial charge in [-0.15, -0.1) is 0 Å². The molecule has 148 valence electrons. The highest BCUT2D eigenvalue weighted by Gasteiger charge is 2.27. The van der Waals surface area contributed by atoms with Crippen molar-refractivity contribution in [3.63, 3.8) is 0 Å². The van der Waals surface area contributed by atoms with E-state index in [2.05, 4.69) is 32.2 Å². The van der Waals surface area contributed by atoms with Gasteiger partial charge in [-0.3, -0.25) is 9.59 Å². The highest BCUT2D eigenvalue weighted by Crippen LogP contribution is 2.38. The lowest BCUT2D eigenvalue weighted by atomic mass is 9.99. The van der Waals surface area contributed by atoms with E-state index >= 15 is 0 Å². The molecule has 8 nitrogen and oxygen atoms in total. The molecule has 4 rings (SSSR count). The molecule has 1 unspecified atom stereocenters. The molecule has 2 aromatic heterocycles. The molecule has 0 radical (unpaired) electrons. The van der Waals surface area contributed by atoms with Crippen LogP contribution in [0.3, 0.4) is 0 Å². The van der Waals surface area contributed by atoms with Gasteiger partial charge in [0.1, 0.15) is 24.0 Å². The number of piperidine rings is 1. The molecule has 0 aromatic carbocycles. The topological polar surface area (TPSA) is 93.0 Å². The van der Waals surface area contributed by atoms with Crippen molar-refractivity contribution in [3.05, 3.63) is 40.6 Å². The van der Waals surface area contributed by atoms with Crippen LogP contribution in [-0.4, -0.2) is 38.7 Å². The monoisotopic (exact) mass is 382 g/mol. The Hall–Kier alpha value is -2.77. The van der Waals surface area contributed by atoms with Crippen molar-refractivity contribution in [2.75, 3.05) is 23.3 Å². The van der Waals surface area contributed by atoms with E-state index in [0.717, 1.165) is 56.2 Å². The van der Waals surface area contributed by atoms with Crippen LogP contribution in [0.15, 0.2) is 29.3 Å². The highest BCUT2D eigenvalue weighted by atomic mass is 16.2. The second-order valence-electron chi connectivity index (χ2n) is 7.91. The molecule has 8 heteroatoms. The number of aromatic nitrogens is 4. The third-order valence-electron chi connectivity index (χ3n) is 5.60. The second kappa shape index (κ2) is 7.69. The van der Waals surface area contributed by atoms with Crippen molar-refractivity contribution in [2.45, 2.75) is 51.5 Å². The Labute approximate surface area is 164 Å². The van der Waals surface area contributed by atoms with E-state index in [1.807, 2.05) is 0 Å². The average Bonchev–Trinajstić information content (AvgIpc) is 3.54. The van der Waals surface area contributed by atoms with Gasteiger partial charge in [0.05, 0.1) is 5.69 Å². The summed E-state index contributed by atoms with van der Waals surface area (Å²) in [4.78, 5) is 35.6. The summed E-state index contributed by atoms with van der Waals surface area (Å²) in [7, 11) is 0. The Bertz CT molecular complexity index is 915. The van der Waals surface area contributed by atoms with Gasteiger partial charge in [0, 0.05) is 31.1 Å².